The highest BCUT2D eigenvalue weighted by Crippen LogP contribution is 2.14. The minimum atomic E-state index is -0.310. The second-order valence-corrected chi connectivity index (χ2v) is 6.29. The summed E-state index contributed by atoms with van der Waals surface area (Å²) in [6.45, 7) is 12.4. The second kappa shape index (κ2) is 7.53. The first-order valence-electron chi connectivity index (χ1n) is 7.35. The molecule has 0 fully saturated rings. The van der Waals surface area contributed by atoms with E-state index in [9.17, 15) is 9.18 Å². The molecule has 0 saturated heterocycles. The van der Waals surface area contributed by atoms with Gasteiger partial charge in [0.1, 0.15) is 5.82 Å². The number of Topliss-reactive ketones (excluding diaryl/α,β-unsaturated/α-hetero) is 1. The van der Waals surface area contributed by atoms with Crippen LogP contribution in [-0.4, -0.2) is 29.8 Å². The molecule has 1 unspecified atom stereocenters. The van der Waals surface area contributed by atoms with Gasteiger partial charge in [-0.1, -0.05) is 27.7 Å². The van der Waals surface area contributed by atoms with E-state index in [1.165, 1.54) is 12.1 Å². The van der Waals surface area contributed by atoms with Gasteiger partial charge in [-0.2, -0.15) is 0 Å². The molecule has 1 rings (SSSR count). The average Bonchev–Trinajstić information content (AvgIpc) is 2.36. The van der Waals surface area contributed by atoms with E-state index in [4.69, 9.17) is 0 Å². The van der Waals surface area contributed by atoms with Crippen LogP contribution < -0.4 is 0 Å². The van der Waals surface area contributed by atoms with Crippen LogP contribution >= 0.6 is 0 Å². The van der Waals surface area contributed by atoms with Crippen molar-refractivity contribution in [2.75, 3.05) is 13.1 Å². The minimum Gasteiger partial charge on any atom is -0.293 e. The van der Waals surface area contributed by atoms with Gasteiger partial charge in [-0.25, -0.2) is 4.39 Å². The lowest BCUT2D eigenvalue weighted by Gasteiger charge is -2.31. The number of carbonyl (C=O) groups excluding carboxylic acids is 1. The molecular formula is C17H26FNO. The predicted octanol–water partition coefficient (Wildman–Crippen LogP) is 4.01. The molecule has 1 aromatic rings. The van der Waals surface area contributed by atoms with Crippen LogP contribution in [0.5, 0.6) is 0 Å². The van der Waals surface area contributed by atoms with Gasteiger partial charge in [0.15, 0.2) is 5.78 Å². The number of halogens is 1. The lowest BCUT2D eigenvalue weighted by molar-refractivity contribution is 0.0801. The van der Waals surface area contributed by atoms with Crippen LogP contribution in [-0.2, 0) is 0 Å². The van der Waals surface area contributed by atoms with Crippen LogP contribution in [0.4, 0.5) is 4.39 Å². The van der Waals surface area contributed by atoms with Crippen molar-refractivity contribution >= 4 is 5.78 Å². The van der Waals surface area contributed by atoms with Crippen molar-refractivity contribution < 1.29 is 9.18 Å². The average molecular weight is 279 g/mol. The third-order valence-corrected chi connectivity index (χ3v) is 3.26. The van der Waals surface area contributed by atoms with Crippen LogP contribution in [0.25, 0.3) is 0 Å². The number of hydrogen-bond donors (Lipinski definition) is 0. The first-order chi connectivity index (χ1) is 9.31. The Morgan fingerprint density at radius 2 is 1.45 bits per heavy atom. The second-order valence-electron chi connectivity index (χ2n) is 6.29. The summed E-state index contributed by atoms with van der Waals surface area (Å²) in [6, 6.07) is 5.64. The maximum absolute atomic E-state index is 12.9. The molecule has 0 aliphatic heterocycles. The van der Waals surface area contributed by atoms with Crippen LogP contribution in [0.1, 0.15) is 45.0 Å². The Kier molecular flexibility index (Phi) is 6.34. The molecule has 0 saturated carbocycles. The van der Waals surface area contributed by atoms with Gasteiger partial charge in [0.25, 0.3) is 0 Å². The number of nitrogens with zero attached hydrogens (tertiary/aromatic N) is 1. The van der Waals surface area contributed by atoms with Crippen molar-refractivity contribution in [1.29, 1.82) is 0 Å². The Hall–Kier alpha value is -1.22. The Labute approximate surface area is 122 Å². The number of hydrogen-bond acceptors (Lipinski definition) is 2. The highest BCUT2D eigenvalue weighted by atomic mass is 19.1. The molecule has 0 aliphatic carbocycles. The maximum Gasteiger partial charge on any atom is 0.179 e. The SMILES string of the molecule is CC(C)CN(CC(C)C)C(C)C(=O)c1ccc(F)cc1. The van der Waals surface area contributed by atoms with E-state index in [2.05, 4.69) is 32.6 Å². The summed E-state index contributed by atoms with van der Waals surface area (Å²) in [5, 5.41) is 0. The van der Waals surface area contributed by atoms with Crippen LogP contribution in [0.15, 0.2) is 24.3 Å². The summed E-state index contributed by atoms with van der Waals surface area (Å²) in [4.78, 5) is 14.7. The van der Waals surface area contributed by atoms with Gasteiger partial charge in [-0.3, -0.25) is 9.69 Å². The maximum atomic E-state index is 12.9. The molecule has 0 aliphatic rings. The van der Waals surface area contributed by atoms with E-state index in [0.29, 0.717) is 17.4 Å². The van der Waals surface area contributed by atoms with Crippen molar-refractivity contribution in [2.45, 2.75) is 40.7 Å². The summed E-state index contributed by atoms with van der Waals surface area (Å²) < 4.78 is 12.9. The molecular weight excluding hydrogens is 253 g/mol. The summed E-state index contributed by atoms with van der Waals surface area (Å²) in [5.74, 6) is 0.774. The molecule has 0 aromatic heterocycles. The largest absolute Gasteiger partial charge is 0.293 e. The number of carbonyl (C=O) groups is 1. The van der Waals surface area contributed by atoms with Gasteiger partial charge in [0.05, 0.1) is 6.04 Å². The molecule has 1 atom stereocenters. The van der Waals surface area contributed by atoms with Crippen molar-refractivity contribution in [1.82, 2.24) is 4.90 Å². The number of rotatable bonds is 7. The highest BCUT2D eigenvalue weighted by molar-refractivity contribution is 5.99. The molecule has 0 heterocycles. The summed E-state index contributed by atoms with van der Waals surface area (Å²) >= 11 is 0. The van der Waals surface area contributed by atoms with Gasteiger partial charge in [0, 0.05) is 18.7 Å². The lowest BCUT2D eigenvalue weighted by Crippen LogP contribution is -2.43. The van der Waals surface area contributed by atoms with Gasteiger partial charge in [-0.15, -0.1) is 0 Å². The van der Waals surface area contributed by atoms with E-state index in [-0.39, 0.29) is 17.6 Å². The zero-order valence-corrected chi connectivity index (χ0v) is 13.2. The van der Waals surface area contributed by atoms with E-state index in [1.54, 1.807) is 12.1 Å². The standard InChI is InChI=1S/C17H26FNO/c1-12(2)10-19(11-13(3)4)14(5)17(20)15-6-8-16(18)9-7-15/h6-9,12-14H,10-11H2,1-5H3. The number of ketones is 1. The summed E-state index contributed by atoms with van der Waals surface area (Å²) in [5.41, 5.74) is 0.580. The predicted molar refractivity (Wildman–Crippen MR) is 81.4 cm³/mol. The highest BCUT2D eigenvalue weighted by Gasteiger charge is 2.23. The fourth-order valence-electron chi connectivity index (χ4n) is 2.35. The van der Waals surface area contributed by atoms with Crippen molar-refractivity contribution in [3.63, 3.8) is 0 Å². The fraction of sp³-hybridized carbons (Fsp3) is 0.588. The normalized spacial score (nSPS) is 13.2. The lowest BCUT2D eigenvalue weighted by atomic mass is 10.0. The first-order valence-corrected chi connectivity index (χ1v) is 7.35. The summed E-state index contributed by atoms with van der Waals surface area (Å²) in [6.07, 6.45) is 0. The third kappa shape index (κ3) is 5.04. The van der Waals surface area contributed by atoms with E-state index in [1.807, 2.05) is 6.92 Å². The summed E-state index contributed by atoms with van der Waals surface area (Å²) in [7, 11) is 0. The first kappa shape index (κ1) is 16.8. The Morgan fingerprint density at radius 1 is 1.00 bits per heavy atom. The van der Waals surface area contributed by atoms with E-state index in [0.717, 1.165) is 13.1 Å². The van der Waals surface area contributed by atoms with Crippen molar-refractivity contribution in [3.05, 3.63) is 35.6 Å². The van der Waals surface area contributed by atoms with Crippen LogP contribution in [0.2, 0.25) is 0 Å². The molecule has 0 amide bonds. The zero-order valence-electron chi connectivity index (χ0n) is 13.2. The Balaban J connectivity index is 2.84. The fourth-order valence-corrected chi connectivity index (χ4v) is 2.35. The molecule has 2 nitrogen and oxygen atoms in total. The molecule has 0 radical (unpaired) electrons. The quantitative estimate of drug-likeness (QED) is 0.703. The van der Waals surface area contributed by atoms with Crippen molar-refractivity contribution in [2.24, 2.45) is 11.8 Å². The van der Waals surface area contributed by atoms with E-state index >= 15 is 0 Å². The van der Waals surface area contributed by atoms with Gasteiger partial charge < -0.3 is 0 Å². The minimum absolute atomic E-state index is 0.0614. The molecule has 0 N–H and O–H groups in total. The Bertz CT molecular complexity index is 415. The van der Waals surface area contributed by atoms with Gasteiger partial charge in [-0.05, 0) is 43.0 Å². The molecule has 0 spiro atoms. The molecule has 112 valence electrons. The van der Waals surface area contributed by atoms with Gasteiger partial charge >= 0.3 is 0 Å². The Morgan fingerprint density at radius 3 is 1.85 bits per heavy atom. The molecule has 20 heavy (non-hydrogen) atoms. The van der Waals surface area contributed by atoms with Crippen molar-refractivity contribution in [3.8, 4) is 0 Å². The molecule has 1 aromatic carbocycles. The van der Waals surface area contributed by atoms with Crippen LogP contribution in [0, 0.1) is 17.7 Å². The van der Waals surface area contributed by atoms with Gasteiger partial charge in [0.2, 0.25) is 0 Å². The third-order valence-electron chi connectivity index (χ3n) is 3.26. The smallest absolute Gasteiger partial charge is 0.179 e. The number of benzene rings is 1. The molecule has 0 bridgehead atoms. The van der Waals surface area contributed by atoms with E-state index < -0.39 is 0 Å². The topological polar surface area (TPSA) is 20.3 Å². The molecule has 3 heteroatoms. The monoisotopic (exact) mass is 279 g/mol. The zero-order chi connectivity index (χ0) is 15.3. The van der Waals surface area contributed by atoms with Crippen LogP contribution in [0.3, 0.4) is 0 Å².